The second-order valence-electron chi connectivity index (χ2n) is 7.49. The van der Waals surface area contributed by atoms with Crippen molar-refractivity contribution in [3.63, 3.8) is 0 Å². The fourth-order valence-corrected chi connectivity index (χ4v) is 7.78. The number of β-lactam (4-membered cyclic amide) rings is 1. The molecule has 2 aromatic rings. The summed E-state index contributed by atoms with van der Waals surface area (Å²) in [6, 6.07) is -1.01. The first kappa shape index (κ1) is 25.9. The van der Waals surface area contributed by atoms with Crippen LogP contribution in [0.25, 0.3) is 0 Å². The molecule has 2 amide bonds. The molecule has 2 aliphatic heterocycles. The van der Waals surface area contributed by atoms with Crippen LogP contribution in [0.3, 0.4) is 0 Å². The maximum Gasteiger partial charge on any atom is 0.352 e. The van der Waals surface area contributed by atoms with Crippen LogP contribution in [-0.4, -0.2) is 82.7 Å². The summed E-state index contributed by atoms with van der Waals surface area (Å²) in [5.41, 5.74) is 6.15. The van der Waals surface area contributed by atoms with Crippen LogP contribution in [0.4, 0.5) is 5.13 Å². The summed E-state index contributed by atoms with van der Waals surface area (Å²) in [6.45, 7) is 1.71. The van der Waals surface area contributed by atoms with E-state index in [0.717, 1.165) is 16.2 Å². The zero-order valence-electron chi connectivity index (χ0n) is 18.3. The van der Waals surface area contributed by atoms with E-state index in [9.17, 15) is 29.5 Å². The minimum absolute atomic E-state index is 0.0480. The lowest BCUT2D eigenvalue weighted by Gasteiger charge is -2.49. The highest BCUT2D eigenvalue weighted by Gasteiger charge is 2.54. The van der Waals surface area contributed by atoms with Crippen LogP contribution in [0.15, 0.2) is 26.1 Å². The number of hydrogen-bond donors (Lipinski definition) is 5. The third-order valence-electron chi connectivity index (χ3n) is 5.17. The maximum absolute atomic E-state index is 12.9. The van der Waals surface area contributed by atoms with Gasteiger partial charge in [0, 0.05) is 21.8 Å². The molecule has 13 nitrogen and oxygen atoms in total. The summed E-state index contributed by atoms with van der Waals surface area (Å²) >= 11 is 4.84. The molecule has 1 saturated heterocycles. The van der Waals surface area contributed by atoms with Gasteiger partial charge in [-0.25, -0.2) is 14.8 Å². The van der Waals surface area contributed by atoms with Crippen LogP contribution in [0, 0.1) is 6.92 Å². The van der Waals surface area contributed by atoms with Crippen molar-refractivity contribution in [1.29, 1.82) is 0 Å². The van der Waals surface area contributed by atoms with E-state index >= 15 is 0 Å². The molecular weight excluding hydrogens is 553 g/mol. The van der Waals surface area contributed by atoms with Crippen molar-refractivity contribution < 1.29 is 34.6 Å². The Kier molecular flexibility index (Phi) is 7.53. The van der Waals surface area contributed by atoms with Crippen LogP contribution in [0.2, 0.25) is 0 Å². The van der Waals surface area contributed by atoms with Crippen molar-refractivity contribution in [3.05, 3.63) is 32.9 Å². The number of thioether (sulfide) groups is 2. The number of hydrogen-bond acceptors (Lipinski definition) is 13. The summed E-state index contributed by atoms with van der Waals surface area (Å²) in [4.78, 5) is 58.5. The van der Waals surface area contributed by atoms with Crippen molar-refractivity contribution >= 4 is 80.8 Å². The standard InChI is InChI=1S/C19H18N6O7S4/c1-6-9(2-10(26)27)36-19(21-6)35-4-7-3-33-16-12(15(29)25(16)13(7)17(30)31)23-14(28)11(24-32)8-5-34-18(20)22-8/h5,12,16,32H,2-4H2,1H3,(H2,20,22)(H,23,28)(H,26,27)(H,30,31)/t12-,16+/m1/s1. The number of nitrogen functional groups attached to an aromatic ring is 1. The third kappa shape index (κ3) is 5.04. The van der Waals surface area contributed by atoms with Gasteiger partial charge in [-0.05, 0) is 12.5 Å². The average molecular weight is 571 g/mol. The first-order valence-electron chi connectivity index (χ1n) is 10.1. The molecule has 36 heavy (non-hydrogen) atoms. The number of aliphatic carboxylic acids is 2. The molecule has 0 spiro atoms. The Labute approximate surface area is 219 Å². The highest BCUT2D eigenvalue weighted by molar-refractivity contribution is 8.01. The van der Waals surface area contributed by atoms with Gasteiger partial charge in [0.15, 0.2) is 15.2 Å². The van der Waals surface area contributed by atoms with Crippen LogP contribution in [-0.2, 0) is 25.6 Å². The SMILES string of the molecule is Cc1nc(SCC2=C(C(=O)O)N3C(=O)[C@@H](NC(=O)C(=NO)c4csc(N)n4)[C@@H]3SC2)sc1CC(=O)O. The molecule has 2 aliphatic rings. The highest BCUT2D eigenvalue weighted by Crippen LogP contribution is 2.42. The Morgan fingerprint density at radius 3 is 2.69 bits per heavy atom. The molecular formula is C19H18N6O7S4. The van der Waals surface area contributed by atoms with E-state index in [1.54, 1.807) is 6.92 Å². The fourth-order valence-electron chi connectivity index (χ4n) is 3.53. The maximum atomic E-state index is 12.9. The molecule has 190 valence electrons. The van der Waals surface area contributed by atoms with E-state index in [2.05, 4.69) is 20.4 Å². The van der Waals surface area contributed by atoms with E-state index in [4.69, 9.17) is 10.8 Å². The number of carbonyl (C=O) groups is 4. The number of thiazole rings is 2. The van der Waals surface area contributed by atoms with Gasteiger partial charge < -0.3 is 26.5 Å². The van der Waals surface area contributed by atoms with E-state index < -0.39 is 40.9 Å². The Morgan fingerprint density at radius 1 is 1.33 bits per heavy atom. The number of carboxylic acids is 2. The molecule has 2 atom stereocenters. The van der Waals surface area contributed by atoms with Crippen LogP contribution >= 0.6 is 46.2 Å². The van der Waals surface area contributed by atoms with Gasteiger partial charge in [-0.3, -0.25) is 19.3 Å². The number of fused-ring (bicyclic) bond motifs is 1. The number of aryl methyl sites for hydroxylation is 1. The quantitative estimate of drug-likeness (QED) is 0.0933. The highest BCUT2D eigenvalue weighted by atomic mass is 32.2. The van der Waals surface area contributed by atoms with E-state index in [0.29, 0.717) is 26.2 Å². The third-order valence-corrected chi connectivity index (χ3v) is 9.57. The number of anilines is 1. The monoisotopic (exact) mass is 570 g/mol. The predicted molar refractivity (Wildman–Crippen MR) is 133 cm³/mol. The number of amides is 2. The van der Waals surface area contributed by atoms with E-state index in [1.807, 2.05) is 0 Å². The molecule has 4 rings (SSSR count). The van der Waals surface area contributed by atoms with Crippen molar-refractivity contribution in [2.24, 2.45) is 5.16 Å². The number of carbonyl (C=O) groups excluding carboxylic acids is 2. The number of nitrogens with two attached hydrogens (primary N) is 1. The van der Waals surface area contributed by atoms with Crippen molar-refractivity contribution in [3.8, 4) is 0 Å². The lowest BCUT2D eigenvalue weighted by molar-refractivity contribution is -0.150. The summed E-state index contributed by atoms with van der Waals surface area (Å²) in [7, 11) is 0. The van der Waals surface area contributed by atoms with Gasteiger partial charge in [0.2, 0.25) is 0 Å². The lowest BCUT2D eigenvalue weighted by Crippen LogP contribution is -2.71. The molecule has 4 heterocycles. The van der Waals surface area contributed by atoms with Gasteiger partial charge in [0.1, 0.15) is 22.8 Å². The summed E-state index contributed by atoms with van der Waals surface area (Å²) in [6.07, 6.45) is -0.140. The van der Waals surface area contributed by atoms with Gasteiger partial charge in [-0.1, -0.05) is 16.9 Å². The molecule has 17 heteroatoms. The zero-order valence-corrected chi connectivity index (χ0v) is 21.6. The van der Waals surface area contributed by atoms with Gasteiger partial charge >= 0.3 is 11.9 Å². The zero-order chi connectivity index (χ0) is 26.1. The first-order chi connectivity index (χ1) is 17.1. The van der Waals surface area contributed by atoms with Crippen molar-refractivity contribution in [2.75, 3.05) is 17.2 Å². The Morgan fingerprint density at radius 2 is 2.08 bits per heavy atom. The second kappa shape index (κ2) is 10.5. The molecule has 2 aromatic heterocycles. The molecule has 1 fully saturated rings. The number of nitrogens with one attached hydrogen (secondary N) is 1. The Hall–Kier alpha value is -3.15. The van der Waals surface area contributed by atoms with Gasteiger partial charge in [0.25, 0.3) is 11.8 Å². The molecule has 0 saturated carbocycles. The molecule has 0 aliphatic carbocycles. The summed E-state index contributed by atoms with van der Waals surface area (Å²) in [5, 5.41) is 34.5. The van der Waals surface area contributed by atoms with Gasteiger partial charge in [-0.15, -0.1) is 34.4 Å². The van der Waals surface area contributed by atoms with E-state index in [-0.39, 0.29) is 28.7 Å². The second-order valence-corrected chi connectivity index (χ2v) is 11.8. The molecule has 0 radical (unpaired) electrons. The fraction of sp³-hybridized carbons (Fsp3) is 0.316. The minimum Gasteiger partial charge on any atom is -0.481 e. The predicted octanol–water partition coefficient (Wildman–Crippen LogP) is 0.827. The Bertz CT molecular complexity index is 1320. The molecule has 0 bridgehead atoms. The summed E-state index contributed by atoms with van der Waals surface area (Å²) < 4.78 is 0.603. The Balaban J connectivity index is 1.46. The number of rotatable bonds is 9. The van der Waals surface area contributed by atoms with Gasteiger partial charge in [0.05, 0.1) is 12.1 Å². The number of oxime groups is 1. The van der Waals surface area contributed by atoms with Gasteiger partial charge in [-0.2, -0.15) is 0 Å². The minimum atomic E-state index is -1.27. The van der Waals surface area contributed by atoms with Crippen molar-refractivity contribution in [1.82, 2.24) is 20.2 Å². The van der Waals surface area contributed by atoms with E-state index in [1.165, 1.54) is 40.2 Å². The van der Waals surface area contributed by atoms with Crippen LogP contribution < -0.4 is 11.1 Å². The first-order valence-corrected chi connectivity index (χ1v) is 13.8. The molecule has 0 unspecified atom stereocenters. The molecule has 6 N–H and O–H groups in total. The number of carboxylic acid groups (broad SMARTS) is 2. The van der Waals surface area contributed by atoms with Crippen LogP contribution in [0.5, 0.6) is 0 Å². The topological polar surface area (TPSA) is 208 Å². The smallest absolute Gasteiger partial charge is 0.352 e. The van der Waals surface area contributed by atoms with Crippen LogP contribution in [0.1, 0.15) is 16.3 Å². The lowest BCUT2D eigenvalue weighted by atomic mass is 10.0. The molecule has 0 aromatic carbocycles. The number of aromatic nitrogens is 2. The average Bonchev–Trinajstić information content (AvgIpc) is 3.40. The summed E-state index contributed by atoms with van der Waals surface area (Å²) in [5.74, 6) is -3.15. The normalized spacial score (nSPS) is 19.6. The number of nitrogens with zero attached hydrogens (tertiary/aromatic N) is 4. The largest absolute Gasteiger partial charge is 0.481 e. The van der Waals surface area contributed by atoms with Crippen molar-refractivity contribution in [2.45, 2.75) is 29.1 Å².